The fourth-order valence-electron chi connectivity index (χ4n) is 2.68. The SMILES string of the molecule is O=[N+]([O-])c1ccc(NCCC2CCOC2)c2cccnc12. The summed E-state index contributed by atoms with van der Waals surface area (Å²) in [5.41, 5.74) is 1.36. The van der Waals surface area contributed by atoms with Gasteiger partial charge in [-0.1, -0.05) is 0 Å². The van der Waals surface area contributed by atoms with Gasteiger partial charge >= 0.3 is 0 Å². The second-order valence-electron chi connectivity index (χ2n) is 5.23. The first kappa shape index (κ1) is 13.8. The molecule has 1 aliphatic rings. The molecule has 1 aromatic heterocycles. The molecule has 0 bridgehead atoms. The van der Waals surface area contributed by atoms with E-state index in [1.165, 1.54) is 6.07 Å². The molecule has 6 heteroatoms. The van der Waals surface area contributed by atoms with E-state index >= 15 is 0 Å². The molecule has 0 amide bonds. The van der Waals surface area contributed by atoms with Crippen LogP contribution in [-0.4, -0.2) is 29.7 Å². The Bertz CT molecular complexity index is 654. The Hall–Kier alpha value is -2.21. The summed E-state index contributed by atoms with van der Waals surface area (Å²) < 4.78 is 5.36. The standard InChI is InChI=1S/C15H17N3O3/c19-18(20)14-4-3-13(12-2-1-7-17-15(12)14)16-8-5-11-6-9-21-10-11/h1-4,7,11,16H,5-6,8-10H2. The molecule has 1 aliphatic heterocycles. The van der Waals surface area contributed by atoms with Crippen molar-refractivity contribution in [2.24, 2.45) is 5.92 Å². The van der Waals surface area contributed by atoms with E-state index in [2.05, 4.69) is 10.3 Å². The minimum absolute atomic E-state index is 0.0420. The third-order valence-electron chi connectivity index (χ3n) is 3.84. The molecule has 3 rings (SSSR count). The van der Waals surface area contributed by atoms with Gasteiger partial charge in [0.05, 0.1) is 4.92 Å². The van der Waals surface area contributed by atoms with Gasteiger partial charge in [0.2, 0.25) is 0 Å². The molecule has 1 atom stereocenters. The second kappa shape index (κ2) is 6.05. The molecule has 1 saturated heterocycles. The Morgan fingerprint density at radius 1 is 1.43 bits per heavy atom. The Kier molecular flexibility index (Phi) is 3.96. The van der Waals surface area contributed by atoms with Gasteiger partial charge in [0.25, 0.3) is 5.69 Å². The van der Waals surface area contributed by atoms with Crippen molar-refractivity contribution in [2.45, 2.75) is 12.8 Å². The average Bonchev–Trinajstić information content (AvgIpc) is 3.00. The highest BCUT2D eigenvalue weighted by Gasteiger charge is 2.17. The minimum atomic E-state index is -0.394. The minimum Gasteiger partial charge on any atom is -0.384 e. The summed E-state index contributed by atoms with van der Waals surface area (Å²) in [6.45, 7) is 2.52. The molecule has 1 N–H and O–H groups in total. The molecule has 0 radical (unpaired) electrons. The molecule has 0 aliphatic carbocycles. The van der Waals surface area contributed by atoms with Gasteiger partial charge < -0.3 is 10.1 Å². The highest BCUT2D eigenvalue weighted by molar-refractivity contribution is 5.96. The van der Waals surface area contributed by atoms with Crippen LogP contribution in [0.15, 0.2) is 30.5 Å². The van der Waals surface area contributed by atoms with Crippen molar-refractivity contribution in [2.75, 3.05) is 25.1 Å². The van der Waals surface area contributed by atoms with Crippen LogP contribution in [-0.2, 0) is 4.74 Å². The first-order valence-electron chi connectivity index (χ1n) is 7.09. The summed E-state index contributed by atoms with van der Waals surface area (Å²) in [4.78, 5) is 14.8. The normalized spacial score (nSPS) is 18.0. The quantitative estimate of drug-likeness (QED) is 0.675. The van der Waals surface area contributed by atoms with Crippen LogP contribution >= 0.6 is 0 Å². The largest absolute Gasteiger partial charge is 0.384 e. The zero-order valence-corrected chi connectivity index (χ0v) is 11.6. The fraction of sp³-hybridized carbons (Fsp3) is 0.400. The number of nitrogens with zero attached hydrogens (tertiary/aromatic N) is 2. The zero-order valence-electron chi connectivity index (χ0n) is 11.6. The molecule has 0 spiro atoms. The zero-order chi connectivity index (χ0) is 14.7. The maximum absolute atomic E-state index is 11.0. The molecule has 21 heavy (non-hydrogen) atoms. The molecule has 1 aromatic carbocycles. The van der Waals surface area contributed by atoms with Gasteiger partial charge in [-0.2, -0.15) is 0 Å². The van der Waals surface area contributed by atoms with E-state index in [0.717, 1.165) is 43.7 Å². The summed E-state index contributed by atoms with van der Waals surface area (Å²) in [6.07, 6.45) is 3.73. The number of ether oxygens (including phenoxy) is 1. The van der Waals surface area contributed by atoms with Gasteiger partial charge in [0.15, 0.2) is 0 Å². The van der Waals surface area contributed by atoms with E-state index in [1.807, 2.05) is 6.07 Å². The molecule has 1 unspecified atom stereocenters. The van der Waals surface area contributed by atoms with Crippen LogP contribution in [0.2, 0.25) is 0 Å². The molecular weight excluding hydrogens is 270 g/mol. The van der Waals surface area contributed by atoms with Gasteiger partial charge in [-0.05, 0) is 37.0 Å². The highest BCUT2D eigenvalue weighted by Crippen LogP contribution is 2.29. The van der Waals surface area contributed by atoms with E-state index in [0.29, 0.717) is 11.4 Å². The first-order chi connectivity index (χ1) is 10.3. The van der Waals surface area contributed by atoms with Gasteiger partial charge in [-0.25, -0.2) is 4.98 Å². The molecule has 2 heterocycles. The number of nitro benzene ring substituents is 1. The molecule has 1 fully saturated rings. The summed E-state index contributed by atoms with van der Waals surface area (Å²) in [5, 5.41) is 15.2. The van der Waals surface area contributed by atoms with E-state index < -0.39 is 4.92 Å². The Labute approximate surface area is 122 Å². The van der Waals surface area contributed by atoms with Crippen LogP contribution < -0.4 is 5.32 Å². The van der Waals surface area contributed by atoms with Gasteiger partial charge in [0, 0.05) is 43.1 Å². The van der Waals surface area contributed by atoms with Crippen LogP contribution in [0, 0.1) is 16.0 Å². The van der Waals surface area contributed by atoms with E-state index in [9.17, 15) is 10.1 Å². The highest BCUT2D eigenvalue weighted by atomic mass is 16.6. The number of non-ortho nitro benzene ring substituents is 1. The van der Waals surface area contributed by atoms with Crippen molar-refractivity contribution >= 4 is 22.3 Å². The summed E-state index contributed by atoms with van der Waals surface area (Å²) in [7, 11) is 0. The summed E-state index contributed by atoms with van der Waals surface area (Å²) >= 11 is 0. The number of fused-ring (bicyclic) bond motifs is 1. The number of nitro groups is 1. The van der Waals surface area contributed by atoms with E-state index in [-0.39, 0.29) is 5.69 Å². The maximum Gasteiger partial charge on any atom is 0.295 e. The number of anilines is 1. The smallest absolute Gasteiger partial charge is 0.295 e. The van der Waals surface area contributed by atoms with Gasteiger partial charge in [-0.3, -0.25) is 10.1 Å². The number of pyridine rings is 1. The fourth-order valence-corrected chi connectivity index (χ4v) is 2.68. The predicted octanol–water partition coefficient (Wildman–Crippen LogP) is 2.98. The van der Waals surface area contributed by atoms with Crippen molar-refractivity contribution in [1.82, 2.24) is 4.98 Å². The Morgan fingerprint density at radius 2 is 2.33 bits per heavy atom. The van der Waals surface area contributed by atoms with Crippen LogP contribution in [0.4, 0.5) is 11.4 Å². The lowest BCUT2D eigenvalue weighted by atomic mass is 10.1. The van der Waals surface area contributed by atoms with Crippen molar-refractivity contribution in [1.29, 1.82) is 0 Å². The molecule has 0 saturated carbocycles. The summed E-state index contributed by atoms with van der Waals surface area (Å²) in [5.74, 6) is 0.611. The Morgan fingerprint density at radius 3 is 3.10 bits per heavy atom. The lowest BCUT2D eigenvalue weighted by Gasteiger charge is -2.11. The van der Waals surface area contributed by atoms with Crippen LogP contribution in [0.25, 0.3) is 10.9 Å². The maximum atomic E-state index is 11.0. The van der Waals surface area contributed by atoms with Crippen molar-refractivity contribution < 1.29 is 9.66 Å². The van der Waals surface area contributed by atoms with Crippen LogP contribution in [0.5, 0.6) is 0 Å². The Balaban J connectivity index is 1.79. The number of aromatic nitrogens is 1. The first-order valence-corrected chi connectivity index (χ1v) is 7.09. The third-order valence-corrected chi connectivity index (χ3v) is 3.84. The second-order valence-corrected chi connectivity index (χ2v) is 5.23. The van der Waals surface area contributed by atoms with Crippen molar-refractivity contribution in [3.63, 3.8) is 0 Å². The lowest BCUT2D eigenvalue weighted by Crippen LogP contribution is -2.09. The van der Waals surface area contributed by atoms with Crippen molar-refractivity contribution in [3.8, 4) is 0 Å². The topological polar surface area (TPSA) is 77.3 Å². The average molecular weight is 287 g/mol. The van der Waals surface area contributed by atoms with Gasteiger partial charge in [-0.15, -0.1) is 0 Å². The number of rotatable bonds is 5. The molecule has 2 aromatic rings. The predicted molar refractivity (Wildman–Crippen MR) is 80.4 cm³/mol. The van der Waals surface area contributed by atoms with Crippen LogP contribution in [0.3, 0.4) is 0 Å². The van der Waals surface area contributed by atoms with E-state index in [1.54, 1.807) is 18.3 Å². The number of benzene rings is 1. The lowest BCUT2D eigenvalue weighted by molar-refractivity contribution is -0.383. The number of nitrogens with one attached hydrogen (secondary N) is 1. The van der Waals surface area contributed by atoms with E-state index in [4.69, 9.17) is 4.74 Å². The number of hydrogen-bond acceptors (Lipinski definition) is 5. The monoisotopic (exact) mass is 287 g/mol. The molecular formula is C15H17N3O3. The van der Waals surface area contributed by atoms with Crippen molar-refractivity contribution in [3.05, 3.63) is 40.6 Å². The molecule has 110 valence electrons. The molecule has 6 nitrogen and oxygen atoms in total. The summed E-state index contributed by atoms with van der Waals surface area (Å²) in [6, 6.07) is 6.92. The van der Waals surface area contributed by atoms with Crippen LogP contribution in [0.1, 0.15) is 12.8 Å². The third kappa shape index (κ3) is 2.95. The number of hydrogen-bond donors (Lipinski definition) is 1. The van der Waals surface area contributed by atoms with Gasteiger partial charge in [0.1, 0.15) is 5.52 Å².